The first-order chi connectivity index (χ1) is 12.8. The van der Waals surface area contributed by atoms with Crippen molar-refractivity contribution in [1.29, 1.82) is 0 Å². The molecule has 26 heavy (non-hydrogen) atoms. The lowest BCUT2D eigenvalue weighted by molar-refractivity contribution is -0.116. The lowest BCUT2D eigenvalue weighted by Gasteiger charge is -2.07. The molecule has 5 heteroatoms. The lowest BCUT2D eigenvalue weighted by atomic mass is 10.2. The van der Waals surface area contributed by atoms with Crippen LogP contribution in [0.15, 0.2) is 59.3 Å². The predicted molar refractivity (Wildman–Crippen MR) is 106 cm³/mol. The highest BCUT2D eigenvalue weighted by Crippen LogP contribution is 2.41. The van der Waals surface area contributed by atoms with E-state index in [-0.39, 0.29) is 5.91 Å². The number of thiophene rings is 1. The first-order valence-electron chi connectivity index (χ1n) is 8.91. The van der Waals surface area contributed by atoms with E-state index in [1.54, 1.807) is 17.4 Å². The summed E-state index contributed by atoms with van der Waals surface area (Å²) in [5, 5.41) is 11.9. The molecule has 0 atom stereocenters. The molecule has 2 aromatic heterocycles. The predicted octanol–water partition coefficient (Wildman–Crippen LogP) is 4.32. The Balaban J connectivity index is 1.36. The first-order valence-corrected chi connectivity index (χ1v) is 9.85. The number of hydrogen-bond acceptors (Lipinski definition) is 3. The van der Waals surface area contributed by atoms with E-state index < -0.39 is 0 Å². The van der Waals surface area contributed by atoms with Gasteiger partial charge >= 0.3 is 0 Å². The van der Waals surface area contributed by atoms with Gasteiger partial charge in [0.1, 0.15) is 0 Å². The van der Waals surface area contributed by atoms with Crippen molar-refractivity contribution in [2.45, 2.75) is 25.3 Å². The fourth-order valence-corrected chi connectivity index (χ4v) is 3.60. The van der Waals surface area contributed by atoms with E-state index in [1.165, 1.54) is 24.1 Å². The van der Waals surface area contributed by atoms with E-state index >= 15 is 0 Å². The minimum Gasteiger partial charge on any atom is -0.351 e. The molecular formula is C21H21N3OS. The summed E-state index contributed by atoms with van der Waals surface area (Å²) in [5.74, 6) is 0.551. The fraction of sp³-hybridized carbons (Fsp3) is 0.238. The first kappa shape index (κ1) is 16.8. The number of benzene rings is 1. The molecule has 1 aliphatic carbocycles. The SMILES string of the molecule is O=C(/C=C/c1ccccc1)NCCn1nc(-c2ccsc2)cc1C1CC1. The van der Waals surface area contributed by atoms with Crippen LogP contribution >= 0.6 is 11.3 Å². The summed E-state index contributed by atoms with van der Waals surface area (Å²) in [6, 6.07) is 14.1. The minimum absolute atomic E-state index is 0.0768. The highest BCUT2D eigenvalue weighted by atomic mass is 32.1. The molecule has 3 aromatic rings. The van der Waals surface area contributed by atoms with Crippen molar-refractivity contribution in [2.75, 3.05) is 6.54 Å². The number of nitrogens with one attached hydrogen (secondary N) is 1. The van der Waals surface area contributed by atoms with Gasteiger partial charge in [-0.3, -0.25) is 9.48 Å². The molecule has 0 radical (unpaired) electrons. The van der Waals surface area contributed by atoms with Crippen LogP contribution < -0.4 is 5.32 Å². The summed E-state index contributed by atoms with van der Waals surface area (Å²) >= 11 is 1.69. The zero-order valence-corrected chi connectivity index (χ0v) is 15.3. The number of rotatable bonds is 7. The van der Waals surface area contributed by atoms with Crippen molar-refractivity contribution in [2.24, 2.45) is 0 Å². The fourth-order valence-electron chi connectivity index (χ4n) is 2.95. The van der Waals surface area contributed by atoms with Crippen molar-refractivity contribution in [1.82, 2.24) is 15.1 Å². The molecule has 1 aliphatic rings. The molecule has 132 valence electrons. The average Bonchev–Trinajstić information content (AvgIpc) is 3.19. The Morgan fingerprint density at radius 2 is 2.12 bits per heavy atom. The largest absolute Gasteiger partial charge is 0.351 e. The number of amides is 1. The van der Waals surface area contributed by atoms with E-state index in [1.807, 2.05) is 36.4 Å². The molecule has 1 fully saturated rings. The Morgan fingerprint density at radius 3 is 2.85 bits per heavy atom. The van der Waals surface area contributed by atoms with E-state index in [4.69, 9.17) is 5.10 Å². The van der Waals surface area contributed by atoms with Crippen LogP contribution in [0, 0.1) is 0 Å². The van der Waals surface area contributed by atoms with E-state index in [2.05, 4.69) is 32.9 Å². The van der Waals surface area contributed by atoms with E-state index in [0.29, 0.717) is 19.0 Å². The van der Waals surface area contributed by atoms with Gasteiger partial charge in [0, 0.05) is 35.2 Å². The van der Waals surface area contributed by atoms with Gasteiger partial charge in [0.25, 0.3) is 0 Å². The third-order valence-corrected chi connectivity index (χ3v) is 5.16. The van der Waals surface area contributed by atoms with Gasteiger partial charge in [-0.15, -0.1) is 0 Å². The smallest absolute Gasteiger partial charge is 0.244 e. The van der Waals surface area contributed by atoms with Gasteiger partial charge < -0.3 is 5.32 Å². The Kier molecular flexibility index (Phi) is 4.97. The number of nitrogens with zero attached hydrogens (tertiary/aromatic N) is 2. The van der Waals surface area contributed by atoms with Crippen molar-refractivity contribution in [3.63, 3.8) is 0 Å². The maximum atomic E-state index is 12.0. The van der Waals surface area contributed by atoms with E-state index in [0.717, 1.165) is 11.3 Å². The summed E-state index contributed by atoms with van der Waals surface area (Å²) < 4.78 is 2.06. The molecule has 1 N–H and O–H groups in total. The van der Waals surface area contributed by atoms with Crippen LogP contribution in [0.1, 0.15) is 30.0 Å². The molecule has 0 spiro atoms. The average molecular weight is 363 g/mol. The maximum Gasteiger partial charge on any atom is 0.244 e. The normalized spacial score (nSPS) is 14.0. The monoisotopic (exact) mass is 363 g/mol. The van der Waals surface area contributed by atoms with Crippen LogP contribution in [0.3, 0.4) is 0 Å². The summed E-state index contributed by atoms with van der Waals surface area (Å²) in [7, 11) is 0. The van der Waals surface area contributed by atoms with Crippen molar-refractivity contribution >= 4 is 23.3 Å². The molecule has 4 rings (SSSR count). The van der Waals surface area contributed by atoms with E-state index in [9.17, 15) is 4.79 Å². The van der Waals surface area contributed by atoms with Gasteiger partial charge in [0.15, 0.2) is 0 Å². The number of hydrogen-bond donors (Lipinski definition) is 1. The summed E-state index contributed by atoms with van der Waals surface area (Å²) in [5.41, 5.74) is 4.51. The number of carbonyl (C=O) groups is 1. The topological polar surface area (TPSA) is 46.9 Å². The molecule has 1 aromatic carbocycles. The van der Waals surface area contributed by atoms with Crippen LogP contribution in [-0.4, -0.2) is 22.2 Å². The Bertz CT molecular complexity index is 893. The third kappa shape index (κ3) is 4.11. The van der Waals surface area contributed by atoms with Gasteiger partial charge in [-0.1, -0.05) is 30.3 Å². The lowest BCUT2D eigenvalue weighted by Crippen LogP contribution is -2.26. The van der Waals surface area contributed by atoms with Crippen LogP contribution in [0.4, 0.5) is 0 Å². The second-order valence-electron chi connectivity index (χ2n) is 6.50. The van der Waals surface area contributed by atoms with Gasteiger partial charge in [-0.05, 0) is 42.0 Å². The Morgan fingerprint density at radius 1 is 1.27 bits per heavy atom. The van der Waals surface area contributed by atoms with Gasteiger partial charge in [0.2, 0.25) is 5.91 Å². The van der Waals surface area contributed by atoms with Crippen molar-refractivity contribution in [3.05, 3.63) is 70.6 Å². The van der Waals surface area contributed by atoms with Gasteiger partial charge in [0.05, 0.1) is 12.2 Å². The molecule has 0 bridgehead atoms. The minimum atomic E-state index is -0.0768. The third-order valence-electron chi connectivity index (χ3n) is 4.47. The van der Waals surface area contributed by atoms with Gasteiger partial charge in [-0.2, -0.15) is 16.4 Å². The Hall–Kier alpha value is -2.66. The second-order valence-corrected chi connectivity index (χ2v) is 7.28. The Labute approximate surface area is 157 Å². The molecule has 0 saturated heterocycles. The van der Waals surface area contributed by atoms with Gasteiger partial charge in [-0.25, -0.2) is 0 Å². The summed E-state index contributed by atoms with van der Waals surface area (Å²) in [4.78, 5) is 12.0. The number of carbonyl (C=O) groups excluding carboxylic acids is 1. The number of aromatic nitrogens is 2. The van der Waals surface area contributed by atoms with Crippen LogP contribution in [0.2, 0.25) is 0 Å². The molecule has 0 unspecified atom stereocenters. The van der Waals surface area contributed by atoms with Crippen molar-refractivity contribution in [3.8, 4) is 11.3 Å². The van der Waals surface area contributed by atoms with Crippen LogP contribution in [0.25, 0.3) is 17.3 Å². The molecular weight excluding hydrogens is 342 g/mol. The standard InChI is InChI=1S/C21H21N3OS/c25-21(9-6-16-4-2-1-3-5-16)22-11-12-24-20(17-7-8-17)14-19(23-24)18-10-13-26-15-18/h1-6,9-10,13-15,17H,7-8,11-12H2,(H,22,25)/b9-6+. The summed E-state index contributed by atoms with van der Waals surface area (Å²) in [6.45, 7) is 1.27. The molecule has 1 amide bonds. The van der Waals surface area contributed by atoms with Crippen molar-refractivity contribution < 1.29 is 4.79 Å². The second kappa shape index (κ2) is 7.70. The molecule has 0 aliphatic heterocycles. The summed E-state index contributed by atoms with van der Waals surface area (Å²) in [6.07, 6.45) is 5.88. The molecule has 2 heterocycles. The zero-order valence-electron chi connectivity index (χ0n) is 14.5. The maximum absolute atomic E-state index is 12.0. The highest BCUT2D eigenvalue weighted by molar-refractivity contribution is 7.08. The quantitative estimate of drug-likeness (QED) is 0.636. The van der Waals surface area contributed by atoms with Crippen LogP contribution in [0.5, 0.6) is 0 Å². The molecule has 4 nitrogen and oxygen atoms in total. The molecule has 1 saturated carbocycles. The highest BCUT2D eigenvalue weighted by Gasteiger charge is 2.28. The zero-order chi connectivity index (χ0) is 17.8. The van der Waals surface area contributed by atoms with Crippen LogP contribution in [-0.2, 0) is 11.3 Å².